The van der Waals surface area contributed by atoms with Gasteiger partial charge in [0.25, 0.3) is 0 Å². The fraction of sp³-hybridized carbons (Fsp3) is 0.357. The van der Waals surface area contributed by atoms with Crippen molar-refractivity contribution in [2.24, 2.45) is 5.92 Å². The highest BCUT2D eigenvalue weighted by molar-refractivity contribution is 7.89. The van der Waals surface area contributed by atoms with Gasteiger partial charge in [-0.2, -0.15) is 0 Å². The van der Waals surface area contributed by atoms with E-state index in [1.165, 1.54) is 25.3 Å². The van der Waals surface area contributed by atoms with Gasteiger partial charge in [-0.1, -0.05) is 6.07 Å². The van der Waals surface area contributed by atoms with E-state index in [-0.39, 0.29) is 10.6 Å². The number of carboxylic acids is 1. The molecule has 0 aromatic heterocycles. The summed E-state index contributed by atoms with van der Waals surface area (Å²) in [7, 11) is -2.28. The minimum Gasteiger partial charge on any atom is -0.495 e. The Kier molecular flexibility index (Phi) is 4.64. The van der Waals surface area contributed by atoms with E-state index in [0.29, 0.717) is 18.0 Å². The quantitative estimate of drug-likeness (QED) is 0.744. The van der Waals surface area contributed by atoms with Crippen LogP contribution in [0.15, 0.2) is 29.2 Å². The van der Waals surface area contributed by atoms with E-state index in [2.05, 4.69) is 4.72 Å². The number of benzene rings is 1. The van der Waals surface area contributed by atoms with Crippen LogP contribution in [0.25, 0.3) is 6.08 Å². The molecule has 2 N–H and O–H groups in total. The molecule has 0 amide bonds. The zero-order valence-electron chi connectivity index (χ0n) is 11.6. The van der Waals surface area contributed by atoms with E-state index in [1.54, 1.807) is 6.07 Å². The molecule has 0 atom stereocenters. The second-order valence-corrected chi connectivity index (χ2v) is 6.61. The number of hydrogen-bond donors (Lipinski definition) is 2. The number of carbonyl (C=O) groups is 1. The van der Waals surface area contributed by atoms with Crippen molar-refractivity contribution in [1.82, 2.24) is 4.72 Å². The van der Waals surface area contributed by atoms with Crippen LogP contribution in [0.5, 0.6) is 5.75 Å². The summed E-state index contributed by atoms with van der Waals surface area (Å²) in [6, 6.07) is 4.50. The maximum atomic E-state index is 12.3. The molecule has 7 heteroatoms. The van der Waals surface area contributed by atoms with E-state index in [4.69, 9.17) is 9.84 Å². The van der Waals surface area contributed by atoms with Crippen molar-refractivity contribution in [1.29, 1.82) is 0 Å². The second-order valence-electron chi connectivity index (χ2n) is 4.88. The van der Waals surface area contributed by atoms with Gasteiger partial charge in [0.15, 0.2) is 0 Å². The molecule has 1 aliphatic rings. The fourth-order valence-electron chi connectivity index (χ4n) is 1.80. The first-order valence-corrected chi connectivity index (χ1v) is 7.99. The average molecular weight is 311 g/mol. The van der Waals surface area contributed by atoms with E-state index < -0.39 is 16.0 Å². The molecule has 1 aromatic rings. The normalized spacial score (nSPS) is 15.3. The maximum Gasteiger partial charge on any atom is 0.328 e. The third kappa shape index (κ3) is 4.30. The van der Waals surface area contributed by atoms with Crippen LogP contribution in [0, 0.1) is 5.92 Å². The van der Waals surface area contributed by atoms with Gasteiger partial charge < -0.3 is 9.84 Å². The van der Waals surface area contributed by atoms with Gasteiger partial charge in [-0.3, -0.25) is 0 Å². The molecule has 1 fully saturated rings. The molecule has 1 aromatic carbocycles. The second kappa shape index (κ2) is 6.28. The molecule has 1 saturated carbocycles. The average Bonchev–Trinajstić information content (AvgIpc) is 3.27. The first-order valence-electron chi connectivity index (χ1n) is 6.51. The van der Waals surface area contributed by atoms with Gasteiger partial charge in [0.05, 0.1) is 7.11 Å². The van der Waals surface area contributed by atoms with Crippen molar-refractivity contribution in [3.8, 4) is 5.75 Å². The molecule has 0 bridgehead atoms. The molecule has 0 unspecified atom stereocenters. The first kappa shape index (κ1) is 15.5. The number of rotatable bonds is 7. The Labute approximate surface area is 123 Å². The lowest BCUT2D eigenvalue weighted by Gasteiger charge is -2.11. The van der Waals surface area contributed by atoms with Crippen molar-refractivity contribution < 1.29 is 23.1 Å². The maximum absolute atomic E-state index is 12.3. The lowest BCUT2D eigenvalue weighted by atomic mass is 10.2. The monoisotopic (exact) mass is 311 g/mol. The van der Waals surface area contributed by atoms with Gasteiger partial charge in [-0.05, 0) is 42.5 Å². The van der Waals surface area contributed by atoms with Gasteiger partial charge >= 0.3 is 5.97 Å². The van der Waals surface area contributed by atoms with Crippen LogP contribution in [-0.2, 0) is 14.8 Å². The van der Waals surface area contributed by atoms with Crippen LogP contribution in [0.3, 0.4) is 0 Å². The van der Waals surface area contributed by atoms with Crippen LogP contribution in [0.4, 0.5) is 0 Å². The SMILES string of the molecule is COc1ccc(/C=C/C(=O)O)cc1S(=O)(=O)NCC1CC1. The van der Waals surface area contributed by atoms with Crippen molar-refractivity contribution >= 4 is 22.1 Å². The molecule has 6 nitrogen and oxygen atoms in total. The number of nitrogens with one attached hydrogen (secondary N) is 1. The van der Waals surface area contributed by atoms with Crippen molar-refractivity contribution in [2.45, 2.75) is 17.7 Å². The molecule has 0 aliphatic heterocycles. The highest BCUT2D eigenvalue weighted by Crippen LogP contribution is 2.29. The van der Waals surface area contributed by atoms with Crippen LogP contribution < -0.4 is 9.46 Å². The van der Waals surface area contributed by atoms with E-state index in [1.807, 2.05) is 0 Å². The summed E-state index contributed by atoms with van der Waals surface area (Å²) in [5, 5.41) is 8.61. The molecule has 0 saturated heterocycles. The van der Waals surface area contributed by atoms with Crippen LogP contribution in [-0.4, -0.2) is 33.1 Å². The van der Waals surface area contributed by atoms with Gasteiger partial charge in [-0.25, -0.2) is 17.9 Å². The predicted octanol–water partition coefficient (Wildman–Crippen LogP) is 1.48. The number of sulfonamides is 1. The summed E-state index contributed by atoms with van der Waals surface area (Å²) in [4.78, 5) is 10.5. The third-order valence-electron chi connectivity index (χ3n) is 3.15. The topological polar surface area (TPSA) is 92.7 Å². The Balaban J connectivity index is 2.29. The number of methoxy groups -OCH3 is 1. The molecule has 0 spiro atoms. The van der Waals surface area contributed by atoms with Crippen molar-refractivity contribution in [3.63, 3.8) is 0 Å². The van der Waals surface area contributed by atoms with Gasteiger partial charge in [0, 0.05) is 12.6 Å². The van der Waals surface area contributed by atoms with Gasteiger partial charge in [0.2, 0.25) is 10.0 Å². The molecule has 114 valence electrons. The number of carboxylic acid groups (broad SMARTS) is 1. The summed E-state index contributed by atoms with van der Waals surface area (Å²) < 4.78 is 32.2. The van der Waals surface area contributed by atoms with Crippen LogP contribution >= 0.6 is 0 Å². The summed E-state index contributed by atoms with van der Waals surface area (Å²) in [6.07, 6.45) is 4.37. The van der Waals surface area contributed by atoms with Crippen LogP contribution in [0.1, 0.15) is 18.4 Å². The highest BCUT2D eigenvalue weighted by Gasteiger charge is 2.26. The first-order chi connectivity index (χ1) is 9.92. The van der Waals surface area contributed by atoms with Crippen LogP contribution in [0.2, 0.25) is 0 Å². The van der Waals surface area contributed by atoms with E-state index >= 15 is 0 Å². The zero-order chi connectivity index (χ0) is 15.5. The minimum atomic E-state index is -3.68. The molecule has 1 aliphatic carbocycles. The standard InChI is InChI=1S/C14H17NO5S/c1-20-12-6-4-10(5-7-14(16)17)8-13(12)21(18,19)15-9-11-2-3-11/h4-8,11,15H,2-3,9H2,1H3,(H,16,17)/b7-5+. The lowest BCUT2D eigenvalue weighted by Crippen LogP contribution is -2.26. The summed E-state index contributed by atoms with van der Waals surface area (Å²) in [5.41, 5.74) is 0.477. The molecule has 0 radical (unpaired) electrons. The van der Waals surface area contributed by atoms with E-state index in [9.17, 15) is 13.2 Å². The Morgan fingerprint density at radius 2 is 2.19 bits per heavy atom. The number of hydrogen-bond acceptors (Lipinski definition) is 4. The predicted molar refractivity (Wildman–Crippen MR) is 77.6 cm³/mol. The van der Waals surface area contributed by atoms with Crippen molar-refractivity contribution in [3.05, 3.63) is 29.8 Å². The van der Waals surface area contributed by atoms with E-state index in [0.717, 1.165) is 18.9 Å². The molecule has 0 heterocycles. The zero-order valence-corrected chi connectivity index (χ0v) is 12.4. The number of ether oxygens (including phenoxy) is 1. The van der Waals surface area contributed by atoms with Crippen molar-refractivity contribution in [2.75, 3.05) is 13.7 Å². The van der Waals surface area contributed by atoms with Gasteiger partial charge in [0.1, 0.15) is 10.6 Å². The third-order valence-corrected chi connectivity index (χ3v) is 4.60. The Bertz CT molecular complexity index is 662. The van der Waals surface area contributed by atoms with Gasteiger partial charge in [-0.15, -0.1) is 0 Å². The fourth-order valence-corrected chi connectivity index (χ4v) is 3.12. The Morgan fingerprint density at radius 1 is 1.48 bits per heavy atom. The summed E-state index contributed by atoms with van der Waals surface area (Å²) in [5.74, 6) is -0.450. The summed E-state index contributed by atoms with van der Waals surface area (Å²) >= 11 is 0. The molecule has 21 heavy (non-hydrogen) atoms. The molecular weight excluding hydrogens is 294 g/mol. The molecule has 2 rings (SSSR count). The number of aliphatic carboxylic acids is 1. The smallest absolute Gasteiger partial charge is 0.328 e. The minimum absolute atomic E-state index is 0.0122. The largest absolute Gasteiger partial charge is 0.495 e. The summed E-state index contributed by atoms with van der Waals surface area (Å²) in [6.45, 7) is 0.417. The Morgan fingerprint density at radius 3 is 2.76 bits per heavy atom. The Hall–Kier alpha value is -1.86. The lowest BCUT2D eigenvalue weighted by molar-refractivity contribution is -0.131. The highest BCUT2D eigenvalue weighted by atomic mass is 32.2. The molecular formula is C14H17NO5S.